The van der Waals surface area contributed by atoms with Crippen LogP contribution in [0.1, 0.15) is 19.4 Å². The number of rotatable bonds is 9. The number of benzene rings is 1. The van der Waals surface area contributed by atoms with Gasteiger partial charge in [0, 0.05) is 26.6 Å². The van der Waals surface area contributed by atoms with E-state index in [0.717, 1.165) is 13.1 Å². The molecule has 0 atom stereocenters. The van der Waals surface area contributed by atoms with Gasteiger partial charge in [-0.1, -0.05) is 32.0 Å². The molecule has 0 bridgehead atoms. The summed E-state index contributed by atoms with van der Waals surface area (Å²) >= 11 is 0. The van der Waals surface area contributed by atoms with Gasteiger partial charge in [-0.2, -0.15) is 0 Å². The maximum atomic E-state index is 13.5. The number of nitrogens with zero attached hydrogens (tertiary/aromatic N) is 1. The smallest absolute Gasteiger partial charge is 0.151 e. The van der Waals surface area contributed by atoms with Crippen LogP contribution < -0.4 is 0 Å². The summed E-state index contributed by atoms with van der Waals surface area (Å²) in [5, 5.41) is 0. The molecule has 0 aromatic heterocycles. The molecule has 0 radical (unpaired) electrons. The lowest BCUT2D eigenvalue weighted by Crippen LogP contribution is -2.36. The zero-order valence-electron chi connectivity index (χ0n) is 12.6. The minimum atomic E-state index is -0.312. The molecule has 0 aliphatic carbocycles. The predicted octanol–water partition coefficient (Wildman–Crippen LogP) is 2.54. The quantitative estimate of drug-likeness (QED) is 0.696. The Morgan fingerprint density at radius 3 is 2.65 bits per heavy atom. The van der Waals surface area contributed by atoms with Crippen LogP contribution in [0.25, 0.3) is 0 Å². The van der Waals surface area contributed by atoms with Crippen LogP contribution in [-0.4, -0.2) is 44.0 Å². The first-order valence-electron chi connectivity index (χ1n) is 6.99. The van der Waals surface area contributed by atoms with Crippen molar-refractivity contribution in [2.75, 3.05) is 33.4 Å². The van der Waals surface area contributed by atoms with Crippen molar-refractivity contribution in [2.24, 2.45) is 5.92 Å². The summed E-state index contributed by atoms with van der Waals surface area (Å²) in [5.74, 6) is 0.202. The number of Topliss-reactive ketones (excluding diaryl/α,β-unsaturated/α-hetero) is 1. The van der Waals surface area contributed by atoms with Gasteiger partial charge in [0.25, 0.3) is 0 Å². The van der Waals surface area contributed by atoms with Gasteiger partial charge in [0.05, 0.1) is 13.2 Å². The Kier molecular flexibility index (Phi) is 7.41. The van der Waals surface area contributed by atoms with Gasteiger partial charge in [0.15, 0.2) is 5.78 Å². The van der Waals surface area contributed by atoms with Crippen LogP contribution in [0.3, 0.4) is 0 Å². The van der Waals surface area contributed by atoms with Crippen LogP contribution in [0.4, 0.5) is 4.39 Å². The van der Waals surface area contributed by atoms with Crippen molar-refractivity contribution in [3.8, 4) is 0 Å². The maximum Gasteiger partial charge on any atom is 0.151 e. The lowest BCUT2D eigenvalue weighted by molar-refractivity contribution is -0.119. The van der Waals surface area contributed by atoms with Crippen molar-refractivity contribution in [1.29, 1.82) is 0 Å². The molecule has 0 fully saturated rings. The molecule has 4 heteroatoms. The van der Waals surface area contributed by atoms with E-state index < -0.39 is 0 Å². The highest BCUT2D eigenvalue weighted by Gasteiger charge is 2.14. The number of halogens is 1. The molecule has 0 saturated heterocycles. The molecule has 0 aliphatic rings. The molecule has 0 amide bonds. The Labute approximate surface area is 120 Å². The summed E-state index contributed by atoms with van der Waals surface area (Å²) in [6, 6.07) is 6.43. The van der Waals surface area contributed by atoms with Gasteiger partial charge in [-0.3, -0.25) is 9.69 Å². The molecule has 0 heterocycles. The SMILES string of the molecule is COCCN(CC(=O)Cc1ccccc1F)CC(C)C. The van der Waals surface area contributed by atoms with Crippen molar-refractivity contribution in [1.82, 2.24) is 4.90 Å². The Hall–Kier alpha value is -1.26. The van der Waals surface area contributed by atoms with Gasteiger partial charge in [0.1, 0.15) is 5.82 Å². The Morgan fingerprint density at radius 1 is 1.35 bits per heavy atom. The zero-order valence-corrected chi connectivity index (χ0v) is 12.6. The van der Waals surface area contributed by atoms with Crippen LogP contribution in [0, 0.1) is 11.7 Å². The van der Waals surface area contributed by atoms with E-state index in [4.69, 9.17) is 4.74 Å². The third kappa shape index (κ3) is 6.26. The fourth-order valence-electron chi connectivity index (χ4n) is 2.13. The lowest BCUT2D eigenvalue weighted by Gasteiger charge is -2.23. The minimum Gasteiger partial charge on any atom is -0.383 e. The normalized spacial score (nSPS) is 11.3. The second-order valence-corrected chi connectivity index (χ2v) is 5.43. The molecule has 1 rings (SSSR count). The van der Waals surface area contributed by atoms with E-state index in [1.807, 2.05) is 0 Å². The van der Waals surface area contributed by atoms with Crippen LogP contribution in [-0.2, 0) is 16.0 Å². The highest BCUT2D eigenvalue weighted by molar-refractivity contribution is 5.82. The van der Waals surface area contributed by atoms with E-state index in [0.29, 0.717) is 24.6 Å². The van der Waals surface area contributed by atoms with Gasteiger partial charge in [-0.15, -0.1) is 0 Å². The summed E-state index contributed by atoms with van der Waals surface area (Å²) < 4.78 is 18.6. The summed E-state index contributed by atoms with van der Waals surface area (Å²) in [7, 11) is 1.65. The number of carbonyl (C=O) groups excluding carboxylic acids is 1. The third-order valence-corrected chi connectivity index (χ3v) is 2.98. The summed E-state index contributed by atoms with van der Waals surface area (Å²) in [6.07, 6.45) is 0.147. The van der Waals surface area contributed by atoms with Crippen molar-refractivity contribution < 1.29 is 13.9 Å². The van der Waals surface area contributed by atoms with E-state index in [1.165, 1.54) is 6.07 Å². The maximum absolute atomic E-state index is 13.5. The highest BCUT2D eigenvalue weighted by Crippen LogP contribution is 2.08. The average molecular weight is 281 g/mol. The first-order valence-corrected chi connectivity index (χ1v) is 6.99. The highest BCUT2D eigenvalue weighted by atomic mass is 19.1. The van der Waals surface area contributed by atoms with E-state index >= 15 is 0 Å². The third-order valence-electron chi connectivity index (χ3n) is 2.98. The monoisotopic (exact) mass is 281 g/mol. The number of methoxy groups -OCH3 is 1. The van der Waals surface area contributed by atoms with Gasteiger partial charge in [-0.25, -0.2) is 4.39 Å². The zero-order chi connectivity index (χ0) is 15.0. The Balaban J connectivity index is 2.54. The molecule has 3 nitrogen and oxygen atoms in total. The average Bonchev–Trinajstić information content (AvgIpc) is 2.38. The first kappa shape index (κ1) is 16.8. The van der Waals surface area contributed by atoms with Crippen molar-refractivity contribution in [3.63, 3.8) is 0 Å². The summed E-state index contributed by atoms with van der Waals surface area (Å²) in [6.45, 7) is 6.72. The van der Waals surface area contributed by atoms with Crippen LogP contribution >= 0.6 is 0 Å². The number of carbonyl (C=O) groups is 1. The van der Waals surface area contributed by atoms with Gasteiger partial charge in [-0.05, 0) is 17.5 Å². The lowest BCUT2D eigenvalue weighted by atomic mass is 10.1. The first-order chi connectivity index (χ1) is 9.52. The number of ketones is 1. The minimum absolute atomic E-state index is 0.0341. The molecule has 20 heavy (non-hydrogen) atoms. The fraction of sp³-hybridized carbons (Fsp3) is 0.562. The van der Waals surface area contributed by atoms with Crippen molar-refractivity contribution >= 4 is 5.78 Å². The molecule has 0 saturated carbocycles. The van der Waals surface area contributed by atoms with E-state index in [1.54, 1.807) is 25.3 Å². The Bertz CT molecular complexity index is 421. The molecule has 0 unspecified atom stereocenters. The molecular weight excluding hydrogens is 257 g/mol. The molecular formula is C16H24FNO2. The fourth-order valence-corrected chi connectivity index (χ4v) is 2.13. The van der Waals surface area contributed by atoms with Gasteiger partial charge in [0.2, 0.25) is 0 Å². The van der Waals surface area contributed by atoms with Gasteiger partial charge < -0.3 is 4.74 Å². The number of ether oxygens (including phenoxy) is 1. The van der Waals surface area contributed by atoms with Crippen LogP contribution in [0.5, 0.6) is 0 Å². The van der Waals surface area contributed by atoms with E-state index in [-0.39, 0.29) is 18.0 Å². The van der Waals surface area contributed by atoms with E-state index in [2.05, 4.69) is 18.7 Å². The number of hydrogen-bond donors (Lipinski definition) is 0. The molecule has 1 aromatic rings. The largest absolute Gasteiger partial charge is 0.383 e. The predicted molar refractivity (Wildman–Crippen MR) is 78.3 cm³/mol. The Morgan fingerprint density at radius 2 is 2.05 bits per heavy atom. The second-order valence-electron chi connectivity index (χ2n) is 5.43. The van der Waals surface area contributed by atoms with Crippen LogP contribution in [0.15, 0.2) is 24.3 Å². The van der Waals surface area contributed by atoms with E-state index in [9.17, 15) is 9.18 Å². The molecule has 1 aromatic carbocycles. The van der Waals surface area contributed by atoms with Gasteiger partial charge >= 0.3 is 0 Å². The number of hydrogen-bond acceptors (Lipinski definition) is 3. The standard InChI is InChI=1S/C16H24FNO2/c1-13(2)11-18(8-9-20-3)12-15(19)10-14-6-4-5-7-16(14)17/h4-7,13H,8-12H2,1-3H3. The summed E-state index contributed by atoms with van der Waals surface area (Å²) in [5.41, 5.74) is 0.466. The molecule has 0 N–H and O–H groups in total. The summed E-state index contributed by atoms with van der Waals surface area (Å²) in [4.78, 5) is 14.1. The van der Waals surface area contributed by atoms with Crippen LogP contribution in [0.2, 0.25) is 0 Å². The molecule has 0 aliphatic heterocycles. The molecule has 112 valence electrons. The molecule has 0 spiro atoms. The second kappa shape index (κ2) is 8.82. The van der Waals surface area contributed by atoms with Crippen molar-refractivity contribution in [3.05, 3.63) is 35.6 Å². The topological polar surface area (TPSA) is 29.5 Å². The van der Waals surface area contributed by atoms with Crippen molar-refractivity contribution in [2.45, 2.75) is 20.3 Å².